The van der Waals surface area contributed by atoms with E-state index in [0.717, 1.165) is 0 Å². The summed E-state index contributed by atoms with van der Waals surface area (Å²) in [5.74, 6) is 2.22. The molecule has 8 nitrogen and oxygen atoms in total. The zero-order valence-electron chi connectivity index (χ0n) is 16.0. The highest BCUT2D eigenvalue weighted by Gasteiger charge is 2.21. The van der Waals surface area contributed by atoms with Gasteiger partial charge in [-0.1, -0.05) is 11.2 Å². The minimum atomic E-state index is -0.197. The number of nitrogens with zero attached hydrogens (tertiary/aromatic N) is 3. The Morgan fingerprint density at radius 2 is 2.04 bits per heavy atom. The lowest BCUT2D eigenvalue weighted by Crippen LogP contribution is -2.31. The first-order valence-corrected chi connectivity index (χ1v) is 8.56. The number of rotatable bonds is 8. The Labute approximate surface area is 162 Å². The van der Waals surface area contributed by atoms with E-state index < -0.39 is 0 Å². The van der Waals surface area contributed by atoms with Gasteiger partial charge in [0.1, 0.15) is 12.3 Å². The average Bonchev–Trinajstić information content (AvgIpc) is 3.35. The zero-order chi connectivity index (χ0) is 20.1. The highest BCUT2D eigenvalue weighted by atomic mass is 16.5. The van der Waals surface area contributed by atoms with Gasteiger partial charge >= 0.3 is 0 Å². The summed E-state index contributed by atoms with van der Waals surface area (Å²) in [7, 11) is 3.12. The Kier molecular flexibility index (Phi) is 5.78. The van der Waals surface area contributed by atoms with Crippen molar-refractivity contribution >= 4 is 5.91 Å². The van der Waals surface area contributed by atoms with Gasteiger partial charge in [-0.05, 0) is 31.2 Å². The molecule has 2 heterocycles. The minimum absolute atomic E-state index is 0.149. The predicted molar refractivity (Wildman–Crippen MR) is 101 cm³/mol. The topological polar surface area (TPSA) is 90.8 Å². The Morgan fingerprint density at radius 3 is 2.68 bits per heavy atom. The number of hydrogen-bond donors (Lipinski definition) is 0. The van der Waals surface area contributed by atoms with E-state index in [1.807, 2.05) is 0 Å². The monoisotopic (exact) mass is 383 g/mol. The smallest absolute Gasteiger partial charge is 0.258 e. The zero-order valence-corrected chi connectivity index (χ0v) is 16.0. The molecule has 0 spiro atoms. The van der Waals surface area contributed by atoms with Crippen LogP contribution in [0.5, 0.6) is 11.5 Å². The van der Waals surface area contributed by atoms with Gasteiger partial charge in [0.25, 0.3) is 5.91 Å². The van der Waals surface area contributed by atoms with Crippen LogP contribution in [0.25, 0.3) is 11.4 Å². The van der Waals surface area contributed by atoms with E-state index in [1.165, 1.54) is 6.26 Å². The number of aryl methyl sites for hydroxylation is 1. The van der Waals surface area contributed by atoms with Crippen LogP contribution in [0.15, 0.2) is 52.1 Å². The van der Waals surface area contributed by atoms with E-state index in [9.17, 15) is 4.79 Å². The second kappa shape index (κ2) is 8.43. The van der Waals surface area contributed by atoms with Gasteiger partial charge in [-0.15, -0.1) is 6.58 Å². The summed E-state index contributed by atoms with van der Waals surface area (Å²) in [6.45, 7) is 5.92. The van der Waals surface area contributed by atoms with Crippen LogP contribution in [-0.4, -0.2) is 41.7 Å². The molecule has 2 aromatic heterocycles. The SMILES string of the molecule is C=CCN(Cc1nc(-c2ccc(OC)c(OC)c2)no1)C(=O)c1ccoc1C. The number of ether oxygens (including phenoxy) is 2. The number of furan rings is 1. The molecule has 1 aromatic carbocycles. The molecular formula is C20H21N3O5. The van der Waals surface area contributed by atoms with Crippen LogP contribution in [0.3, 0.4) is 0 Å². The van der Waals surface area contributed by atoms with Gasteiger partial charge in [-0.3, -0.25) is 4.79 Å². The molecule has 146 valence electrons. The van der Waals surface area contributed by atoms with Crippen molar-refractivity contribution in [2.75, 3.05) is 20.8 Å². The average molecular weight is 383 g/mol. The molecule has 0 atom stereocenters. The largest absolute Gasteiger partial charge is 0.493 e. The van der Waals surface area contributed by atoms with Crippen molar-refractivity contribution in [2.45, 2.75) is 13.5 Å². The molecule has 3 rings (SSSR count). The van der Waals surface area contributed by atoms with Crippen LogP contribution >= 0.6 is 0 Å². The van der Waals surface area contributed by atoms with Gasteiger partial charge in [-0.25, -0.2) is 0 Å². The van der Waals surface area contributed by atoms with Crippen LogP contribution < -0.4 is 9.47 Å². The van der Waals surface area contributed by atoms with E-state index in [4.69, 9.17) is 18.4 Å². The number of aromatic nitrogens is 2. The summed E-state index contributed by atoms with van der Waals surface area (Å²) in [6, 6.07) is 6.96. The van der Waals surface area contributed by atoms with Crippen molar-refractivity contribution in [3.05, 3.63) is 60.4 Å². The summed E-state index contributed by atoms with van der Waals surface area (Å²) in [5.41, 5.74) is 1.20. The lowest BCUT2D eigenvalue weighted by molar-refractivity contribution is 0.0743. The fourth-order valence-corrected chi connectivity index (χ4v) is 2.73. The van der Waals surface area contributed by atoms with Crippen molar-refractivity contribution in [1.82, 2.24) is 15.0 Å². The van der Waals surface area contributed by atoms with Crippen LogP contribution in [0.4, 0.5) is 0 Å². The van der Waals surface area contributed by atoms with Gasteiger partial charge in [0.2, 0.25) is 11.7 Å². The van der Waals surface area contributed by atoms with Crippen molar-refractivity contribution < 1.29 is 23.2 Å². The van der Waals surface area contributed by atoms with Crippen molar-refractivity contribution in [2.24, 2.45) is 0 Å². The molecule has 0 fully saturated rings. The number of carbonyl (C=O) groups is 1. The quantitative estimate of drug-likeness (QED) is 0.550. The molecule has 0 bridgehead atoms. The van der Waals surface area contributed by atoms with E-state index in [-0.39, 0.29) is 12.5 Å². The maximum Gasteiger partial charge on any atom is 0.258 e. The van der Waals surface area contributed by atoms with Crippen LogP contribution in [-0.2, 0) is 6.54 Å². The number of hydrogen-bond acceptors (Lipinski definition) is 7. The first-order chi connectivity index (χ1) is 13.6. The molecule has 8 heteroatoms. The number of benzene rings is 1. The number of methoxy groups -OCH3 is 2. The summed E-state index contributed by atoms with van der Waals surface area (Å²) in [6.07, 6.45) is 3.12. The normalized spacial score (nSPS) is 10.5. The van der Waals surface area contributed by atoms with Crippen LogP contribution in [0.2, 0.25) is 0 Å². The third kappa shape index (κ3) is 3.90. The van der Waals surface area contributed by atoms with Crippen LogP contribution in [0.1, 0.15) is 22.0 Å². The first-order valence-electron chi connectivity index (χ1n) is 8.56. The van der Waals surface area contributed by atoms with Crippen molar-refractivity contribution in [3.63, 3.8) is 0 Å². The lowest BCUT2D eigenvalue weighted by atomic mass is 10.2. The van der Waals surface area contributed by atoms with E-state index in [0.29, 0.717) is 46.6 Å². The first kappa shape index (κ1) is 19.2. The third-order valence-corrected chi connectivity index (χ3v) is 4.16. The molecule has 28 heavy (non-hydrogen) atoms. The van der Waals surface area contributed by atoms with E-state index in [1.54, 1.807) is 56.4 Å². The third-order valence-electron chi connectivity index (χ3n) is 4.16. The van der Waals surface area contributed by atoms with Gasteiger partial charge < -0.3 is 23.3 Å². The summed E-state index contributed by atoms with van der Waals surface area (Å²) in [5, 5.41) is 4.01. The summed E-state index contributed by atoms with van der Waals surface area (Å²) in [4.78, 5) is 18.7. The molecule has 0 unspecified atom stereocenters. The Morgan fingerprint density at radius 1 is 1.25 bits per heavy atom. The minimum Gasteiger partial charge on any atom is -0.493 e. The molecule has 0 saturated heterocycles. The lowest BCUT2D eigenvalue weighted by Gasteiger charge is -2.18. The molecule has 1 amide bonds. The summed E-state index contributed by atoms with van der Waals surface area (Å²) >= 11 is 0. The predicted octanol–water partition coefficient (Wildman–Crippen LogP) is 3.48. The maximum atomic E-state index is 12.7. The van der Waals surface area contributed by atoms with Gasteiger partial charge in [0.05, 0.1) is 26.0 Å². The van der Waals surface area contributed by atoms with E-state index >= 15 is 0 Å². The Bertz CT molecular complexity index is 976. The fourth-order valence-electron chi connectivity index (χ4n) is 2.73. The van der Waals surface area contributed by atoms with Gasteiger partial charge in [-0.2, -0.15) is 4.98 Å². The molecule has 0 radical (unpaired) electrons. The molecule has 0 N–H and O–H groups in total. The Hall–Kier alpha value is -3.55. The van der Waals surface area contributed by atoms with E-state index in [2.05, 4.69) is 16.7 Å². The molecular weight excluding hydrogens is 362 g/mol. The van der Waals surface area contributed by atoms with Gasteiger partial charge in [0, 0.05) is 12.1 Å². The second-order valence-corrected chi connectivity index (χ2v) is 5.95. The molecule has 3 aromatic rings. The highest BCUT2D eigenvalue weighted by Crippen LogP contribution is 2.31. The molecule has 0 saturated carbocycles. The number of carbonyl (C=O) groups excluding carboxylic acids is 1. The molecule has 0 aliphatic carbocycles. The highest BCUT2D eigenvalue weighted by molar-refractivity contribution is 5.95. The van der Waals surface area contributed by atoms with Gasteiger partial charge in [0.15, 0.2) is 11.5 Å². The van der Waals surface area contributed by atoms with Crippen molar-refractivity contribution in [3.8, 4) is 22.9 Å². The van der Waals surface area contributed by atoms with Crippen LogP contribution in [0, 0.1) is 6.92 Å². The number of amides is 1. The van der Waals surface area contributed by atoms with Crippen molar-refractivity contribution in [1.29, 1.82) is 0 Å². The fraction of sp³-hybridized carbons (Fsp3) is 0.250. The standard InChI is InChI=1S/C20H21N3O5/c1-5-9-23(20(24)15-8-10-27-13(15)2)12-18-21-19(22-28-18)14-6-7-16(25-3)17(11-14)26-4/h5-8,10-11H,1,9,12H2,2-4H3. The second-order valence-electron chi connectivity index (χ2n) is 5.95. The maximum absolute atomic E-state index is 12.7. The Balaban J connectivity index is 1.81. The molecule has 0 aliphatic rings. The summed E-state index contributed by atoms with van der Waals surface area (Å²) < 4.78 is 21.1. The molecule has 0 aliphatic heterocycles.